The summed E-state index contributed by atoms with van der Waals surface area (Å²) in [7, 11) is -3.71. The van der Waals surface area contributed by atoms with Crippen molar-refractivity contribution >= 4 is 33.0 Å². The average Bonchev–Trinajstić information content (AvgIpc) is 2.37. The number of nitrogen functional groups attached to an aromatic ring is 1. The Morgan fingerprint density at radius 2 is 1.71 bits per heavy atom. The second kappa shape index (κ2) is 5.58. The third-order valence-corrected chi connectivity index (χ3v) is 5.24. The van der Waals surface area contributed by atoms with Gasteiger partial charge < -0.3 is 5.73 Å². The van der Waals surface area contributed by atoms with Gasteiger partial charge in [0.25, 0.3) is 10.0 Å². The van der Waals surface area contributed by atoms with Gasteiger partial charge in [0.1, 0.15) is 0 Å². The molecule has 0 spiro atoms. The van der Waals surface area contributed by atoms with Crippen LogP contribution in [-0.4, -0.2) is 8.42 Å². The van der Waals surface area contributed by atoms with Crippen LogP contribution in [0.1, 0.15) is 16.7 Å². The van der Waals surface area contributed by atoms with Crippen molar-refractivity contribution in [1.82, 2.24) is 0 Å². The summed E-state index contributed by atoms with van der Waals surface area (Å²) in [6, 6.07) is 8.40. The maximum atomic E-state index is 12.6. The molecule has 2 rings (SSSR count). The molecule has 0 aliphatic carbocycles. The van der Waals surface area contributed by atoms with Gasteiger partial charge in [-0.15, -0.1) is 0 Å². The quantitative estimate of drug-likeness (QED) is 0.846. The van der Waals surface area contributed by atoms with Crippen molar-refractivity contribution in [2.45, 2.75) is 25.7 Å². The first-order valence-electron chi connectivity index (χ1n) is 6.37. The maximum absolute atomic E-state index is 12.6. The Labute approximate surface area is 130 Å². The number of benzene rings is 2. The molecular weight excluding hydrogens is 308 g/mol. The van der Waals surface area contributed by atoms with E-state index in [0.29, 0.717) is 27.5 Å². The Hall–Kier alpha value is -1.72. The smallest absolute Gasteiger partial charge is 0.262 e. The van der Waals surface area contributed by atoms with Crippen LogP contribution in [0.3, 0.4) is 0 Å². The van der Waals surface area contributed by atoms with Crippen LogP contribution in [-0.2, 0) is 10.0 Å². The molecule has 0 amide bonds. The summed E-state index contributed by atoms with van der Waals surface area (Å²) in [5.41, 5.74) is 8.73. The summed E-state index contributed by atoms with van der Waals surface area (Å²) in [6.45, 7) is 5.24. The van der Waals surface area contributed by atoms with E-state index in [1.54, 1.807) is 51.1 Å². The van der Waals surface area contributed by atoms with Gasteiger partial charge in [0, 0.05) is 10.7 Å². The molecular formula is C15H17ClN2O2S. The van der Waals surface area contributed by atoms with Crippen molar-refractivity contribution < 1.29 is 8.42 Å². The van der Waals surface area contributed by atoms with E-state index in [2.05, 4.69) is 4.72 Å². The molecule has 2 aromatic rings. The minimum absolute atomic E-state index is 0.219. The van der Waals surface area contributed by atoms with Crippen molar-refractivity contribution in [2.75, 3.05) is 10.5 Å². The zero-order valence-electron chi connectivity index (χ0n) is 12.1. The van der Waals surface area contributed by atoms with E-state index in [1.165, 1.54) is 0 Å². The normalized spacial score (nSPS) is 11.4. The number of sulfonamides is 1. The molecule has 0 radical (unpaired) electrons. The summed E-state index contributed by atoms with van der Waals surface area (Å²) in [5, 5.41) is 0.562. The minimum Gasteiger partial charge on any atom is -0.398 e. The van der Waals surface area contributed by atoms with Crippen LogP contribution in [0.4, 0.5) is 11.4 Å². The van der Waals surface area contributed by atoms with Gasteiger partial charge in [-0.05, 0) is 61.7 Å². The van der Waals surface area contributed by atoms with E-state index in [0.717, 1.165) is 5.56 Å². The van der Waals surface area contributed by atoms with Gasteiger partial charge in [0.05, 0.1) is 10.6 Å². The van der Waals surface area contributed by atoms with Crippen molar-refractivity contribution in [3.8, 4) is 0 Å². The van der Waals surface area contributed by atoms with Gasteiger partial charge in [-0.1, -0.05) is 17.7 Å². The summed E-state index contributed by atoms with van der Waals surface area (Å²) < 4.78 is 27.9. The molecule has 112 valence electrons. The first-order valence-corrected chi connectivity index (χ1v) is 8.23. The first-order chi connectivity index (χ1) is 9.72. The van der Waals surface area contributed by atoms with Crippen LogP contribution in [0, 0.1) is 20.8 Å². The summed E-state index contributed by atoms with van der Waals surface area (Å²) in [5.74, 6) is 0. The Balaban J connectivity index is 2.51. The Bertz CT molecular complexity index is 802. The first kappa shape index (κ1) is 15.7. The number of anilines is 2. The van der Waals surface area contributed by atoms with E-state index in [4.69, 9.17) is 17.3 Å². The van der Waals surface area contributed by atoms with E-state index in [1.807, 2.05) is 0 Å². The summed E-state index contributed by atoms with van der Waals surface area (Å²) >= 11 is 5.88. The maximum Gasteiger partial charge on any atom is 0.262 e. The predicted molar refractivity (Wildman–Crippen MR) is 87.3 cm³/mol. The van der Waals surface area contributed by atoms with E-state index in [9.17, 15) is 8.42 Å². The molecule has 3 N–H and O–H groups in total. The molecule has 0 heterocycles. The molecule has 0 aliphatic heterocycles. The third-order valence-electron chi connectivity index (χ3n) is 3.35. The van der Waals surface area contributed by atoms with Crippen LogP contribution < -0.4 is 10.5 Å². The average molecular weight is 325 g/mol. The van der Waals surface area contributed by atoms with Crippen LogP contribution in [0.25, 0.3) is 0 Å². The second-order valence-electron chi connectivity index (χ2n) is 4.99. The third kappa shape index (κ3) is 3.14. The molecule has 4 nitrogen and oxygen atoms in total. The van der Waals surface area contributed by atoms with Gasteiger partial charge in [-0.3, -0.25) is 4.72 Å². The zero-order valence-corrected chi connectivity index (χ0v) is 13.6. The van der Waals surface area contributed by atoms with Crippen LogP contribution in [0.15, 0.2) is 35.2 Å². The number of halogens is 1. The molecule has 0 fully saturated rings. The lowest BCUT2D eigenvalue weighted by molar-refractivity contribution is 0.600. The molecule has 0 aliphatic rings. The number of nitrogens with one attached hydrogen (secondary N) is 1. The Morgan fingerprint density at radius 3 is 2.33 bits per heavy atom. The van der Waals surface area contributed by atoms with E-state index in [-0.39, 0.29) is 4.90 Å². The lowest BCUT2D eigenvalue weighted by Crippen LogP contribution is -2.17. The largest absolute Gasteiger partial charge is 0.398 e. The van der Waals surface area contributed by atoms with E-state index < -0.39 is 10.0 Å². The lowest BCUT2D eigenvalue weighted by atomic mass is 10.1. The van der Waals surface area contributed by atoms with Crippen LogP contribution >= 0.6 is 11.6 Å². The molecule has 0 aromatic heterocycles. The van der Waals surface area contributed by atoms with Gasteiger partial charge in [-0.25, -0.2) is 8.42 Å². The molecule has 21 heavy (non-hydrogen) atoms. The minimum atomic E-state index is -3.71. The van der Waals surface area contributed by atoms with Crippen molar-refractivity contribution in [1.29, 1.82) is 0 Å². The molecule has 0 unspecified atom stereocenters. The number of hydrogen-bond acceptors (Lipinski definition) is 3. The van der Waals surface area contributed by atoms with E-state index >= 15 is 0 Å². The predicted octanol–water partition coefficient (Wildman–Crippen LogP) is 3.65. The number of nitrogens with two attached hydrogens (primary N) is 1. The highest BCUT2D eigenvalue weighted by molar-refractivity contribution is 7.92. The van der Waals surface area contributed by atoms with Crippen molar-refractivity contribution in [2.24, 2.45) is 0 Å². The fraction of sp³-hybridized carbons (Fsp3) is 0.200. The van der Waals surface area contributed by atoms with Gasteiger partial charge in [0.15, 0.2) is 0 Å². The lowest BCUT2D eigenvalue weighted by Gasteiger charge is -2.15. The SMILES string of the molecule is Cc1cc(Cl)ccc1NS(=O)(=O)c1c(C)ccc(N)c1C. The molecule has 0 saturated carbocycles. The molecule has 0 saturated heterocycles. The molecule has 0 atom stereocenters. The number of aryl methyl sites for hydroxylation is 2. The zero-order chi connectivity index (χ0) is 15.8. The van der Waals surface area contributed by atoms with Crippen LogP contribution in [0.2, 0.25) is 5.02 Å². The van der Waals surface area contributed by atoms with Crippen LogP contribution in [0.5, 0.6) is 0 Å². The topological polar surface area (TPSA) is 72.2 Å². The summed E-state index contributed by atoms with van der Waals surface area (Å²) in [4.78, 5) is 0.219. The van der Waals surface area contributed by atoms with Gasteiger partial charge in [-0.2, -0.15) is 0 Å². The fourth-order valence-corrected chi connectivity index (χ4v) is 4.05. The highest BCUT2D eigenvalue weighted by Crippen LogP contribution is 2.28. The number of hydrogen-bond donors (Lipinski definition) is 2. The molecule has 0 bridgehead atoms. The highest BCUT2D eigenvalue weighted by Gasteiger charge is 2.21. The fourth-order valence-electron chi connectivity index (χ4n) is 2.19. The standard InChI is InChI=1S/C15H17ClN2O2S/c1-9-4-6-13(17)11(3)15(9)21(19,20)18-14-7-5-12(16)8-10(14)2/h4-8,18H,17H2,1-3H3. The monoisotopic (exact) mass is 324 g/mol. The van der Waals surface area contributed by atoms with Gasteiger partial charge >= 0.3 is 0 Å². The second-order valence-corrected chi connectivity index (χ2v) is 7.05. The molecule has 2 aromatic carbocycles. The van der Waals surface area contributed by atoms with Crippen molar-refractivity contribution in [3.05, 3.63) is 52.0 Å². The summed E-state index contributed by atoms with van der Waals surface area (Å²) in [6.07, 6.45) is 0. The Morgan fingerprint density at radius 1 is 1.05 bits per heavy atom. The molecule has 6 heteroatoms. The number of rotatable bonds is 3. The Kier molecular flexibility index (Phi) is 4.16. The van der Waals surface area contributed by atoms with Gasteiger partial charge in [0.2, 0.25) is 0 Å². The van der Waals surface area contributed by atoms with Crippen molar-refractivity contribution in [3.63, 3.8) is 0 Å². The highest BCUT2D eigenvalue weighted by atomic mass is 35.5.